The minimum Gasteiger partial charge on any atom is -0.333 e. The first-order chi connectivity index (χ1) is 17.4. The van der Waals surface area contributed by atoms with E-state index in [1.165, 1.54) is 17.7 Å². The fraction of sp³-hybridized carbons (Fsp3) is 0.241. The van der Waals surface area contributed by atoms with Gasteiger partial charge in [-0.05, 0) is 65.8 Å². The Morgan fingerprint density at radius 2 is 1.81 bits per heavy atom. The van der Waals surface area contributed by atoms with Crippen LogP contribution in [-0.2, 0) is 28.0 Å². The Kier molecular flexibility index (Phi) is 5.29. The normalized spacial score (nSPS) is 20.8. The first-order valence-corrected chi connectivity index (χ1v) is 12.1. The van der Waals surface area contributed by atoms with Gasteiger partial charge in [0.1, 0.15) is 5.82 Å². The van der Waals surface area contributed by atoms with Crippen molar-refractivity contribution in [2.75, 3.05) is 6.54 Å². The molecule has 0 bridgehead atoms. The highest BCUT2D eigenvalue weighted by Crippen LogP contribution is 2.37. The van der Waals surface area contributed by atoms with Crippen LogP contribution in [0.2, 0.25) is 0 Å². The number of imide groups is 1. The lowest BCUT2D eigenvalue weighted by Crippen LogP contribution is -2.56. The van der Waals surface area contributed by atoms with Crippen molar-refractivity contribution < 1.29 is 18.8 Å². The van der Waals surface area contributed by atoms with Gasteiger partial charge in [-0.15, -0.1) is 0 Å². The minimum atomic E-state index is -1.08. The summed E-state index contributed by atoms with van der Waals surface area (Å²) in [4.78, 5) is 44.6. The molecule has 3 heterocycles. The van der Waals surface area contributed by atoms with Crippen molar-refractivity contribution in [3.63, 3.8) is 0 Å². The van der Waals surface area contributed by atoms with Crippen LogP contribution in [0.15, 0.2) is 60.8 Å². The van der Waals surface area contributed by atoms with E-state index in [-0.39, 0.29) is 31.2 Å². The van der Waals surface area contributed by atoms with Crippen LogP contribution in [0.25, 0.3) is 17.2 Å². The second-order valence-corrected chi connectivity index (χ2v) is 9.71. The van der Waals surface area contributed by atoms with Crippen molar-refractivity contribution in [2.45, 2.75) is 37.6 Å². The molecule has 0 saturated carbocycles. The number of nitrogens with zero attached hydrogens (tertiary/aromatic N) is 2. The lowest BCUT2D eigenvalue weighted by atomic mass is 9.73. The average molecular weight is 482 g/mol. The molecule has 3 aromatic rings. The van der Waals surface area contributed by atoms with Crippen molar-refractivity contribution >= 4 is 23.8 Å². The molecule has 2 aromatic carbocycles. The third kappa shape index (κ3) is 3.71. The number of benzene rings is 2. The molecule has 0 spiro atoms. The summed E-state index contributed by atoms with van der Waals surface area (Å²) in [6, 6.07) is 14.1. The minimum absolute atomic E-state index is 0.104. The van der Waals surface area contributed by atoms with Crippen LogP contribution < -0.4 is 5.32 Å². The number of carbonyl (C=O) groups is 3. The Morgan fingerprint density at radius 3 is 2.61 bits per heavy atom. The van der Waals surface area contributed by atoms with Crippen molar-refractivity contribution in [2.24, 2.45) is 0 Å². The Balaban J connectivity index is 1.33. The molecule has 3 aliphatic rings. The second kappa shape index (κ2) is 8.52. The van der Waals surface area contributed by atoms with Gasteiger partial charge in [-0.25, -0.2) is 4.39 Å². The van der Waals surface area contributed by atoms with Crippen molar-refractivity contribution in [1.82, 2.24) is 15.2 Å². The number of pyridine rings is 1. The maximum Gasteiger partial charge on any atom is 0.254 e. The van der Waals surface area contributed by atoms with Crippen LogP contribution in [0.5, 0.6) is 0 Å². The number of amides is 3. The summed E-state index contributed by atoms with van der Waals surface area (Å²) in [6.07, 6.45) is 8.45. The molecule has 3 amide bonds. The first kappa shape index (κ1) is 22.3. The summed E-state index contributed by atoms with van der Waals surface area (Å²) in [6.45, 7) is 0.401. The molecule has 1 aliphatic carbocycles. The van der Waals surface area contributed by atoms with Crippen LogP contribution in [0.1, 0.15) is 52.0 Å². The van der Waals surface area contributed by atoms with Gasteiger partial charge < -0.3 is 4.90 Å². The van der Waals surface area contributed by atoms with E-state index in [0.29, 0.717) is 12.1 Å². The quantitative estimate of drug-likeness (QED) is 0.567. The molecule has 2 aliphatic heterocycles. The second-order valence-electron chi connectivity index (χ2n) is 9.71. The zero-order valence-electron chi connectivity index (χ0n) is 19.6. The van der Waals surface area contributed by atoms with E-state index in [0.717, 1.165) is 40.8 Å². The van der Waals surface area contributed by atoms with Gasteiger partial charge in [0.25, 0.3) is 5.91 Å². The molecular weight excluding hydrogens is 457 g/mol. The number of carbonyl (C=O) groups excluding carboxylic acids is 3. The van der Waals surface area contributed by atoms with Gasteiger partial charge in [0.2, 0.25) is 11.8 Å². The number of hydrogen-bond donors (Lipinski definition) is 1. The third-order valence-electron chi connectivity index (χ3n) is 7.51. The standard InChI is InChI=1S/C29H24FN3O3/c30-23-10-7-20-16-33(27(35)24(20)14-23)17-29(12-11-26(34)32-28(29)36)22-8-5-18(6-9-22)21-13-19-3-1-2-4-25(19)31-15-21/h2,4-10,13-15H,1,3,11-12,16-17H2,(H,32,34,36). The monoisotopic (exact) mass is 481 g/mol. The molecule has 0 radical (unpaired) electrons. The largest absolute Gasteiger partial charge is 0.333 e. The summed E-state index contributed by atoms with van der Waals surface area (Å²) >= 11 is 0. The number of fused-ring (bicyclic) bond motifs is 2. The van der Waals surface area contributed by atoms with Crippen LogP contribution in [0, 0.1) is 5.82 Å². The molecular formula is C29H24FN3O3. The Hall–Kier alpha value is -4.13. The fourth-order valence-electron chi connectivity index (χ4n) is 5.50. The highest BCUT2D eigenvalue weighted by molar-refractivity contribution is 6.04. The lowest BCUT2D eigenvalue weighted by molar-refractivity contribution is -0.138. The number of halogens is 1. The number of nitrogens with one attached hydrogen (secondary N) is 1. The zero-order chi connectivity index (χ0) is 24.9. The Bertz CT molecular complexity index is 1450. The molecule has 1 fully saturated rings. The molecule has 1 N–H and O–H groups in total. The molecule has 7 heteroatoms. The Morgan fingerprint density at radius 1 is 0.972 bits per heavy atom. The molecule has 1 unspecified atom stereocenters. The number of hydrogen-bond acceptors (Lipinski definition) is 4. The third-order valence-corrected chi connectivity index (χ3v) is 7.51. The topological polar surface area (TPSA) is 79.4 Å². The van der Waals surface area contributed by atoms with Gasteiger partial charge in [-0.1, -0.05) is 36.4 Å². The number of allylic oxidation sites excluding steroid dienone is 1. The van der Waals surface area contributed by atoms with E-state index in [4.69, 9.17) is 0 Å². The van der Waals surface area contributed by atoms with E-state index in [1.54, 1.807) is 11.0 Å². The van der Waals surface area contributed by atoms with Crippen LogP contribution >= 0.6 is 0 Å². The first-order valence-electron chi connectivity index (χ1n) is 12.1. The highest BCUT2D eigenvalue weighted by atomic mass is 19.1. The number of aryl methyl sites for hydroxylation is 1. The summed E-state index contributed by atoms with van der Waals surface area (Å²) < 4.78 is 13.8. The van der Waals surface area contributed by atoms with Gasteiger partial charge >= 0.3 is 0 Å². The summed E-state index contributed by atoms with van der Waals surface area (Å²) in [7, 11) is 0. The highest BCUT2D eigenvalue weighted by Gasteiger charge is 2.47. The van der Waals surface area contributed by atoms with E-state index in [2.05, 4.69) is 22.4 Å². The Labute approximate surface area is 207 Å². The summed E-state index contributed by atoms with van der Waals surface area (Å²) in [5.41, 5.74) is 4.90. The lowest BCUT2D eigenvalue weighted by Gasteiger charge is -2.38. The number of rotatable bonds is 4. The predicted molar refractivity (Wildman–Crippen MR) is 132 cm³/mol. The molecule has 1 aromatic heterocycles. The summed E-state index contributed by atoms with van der Waals surface area (Å²) in [5.74, 6) is -1.51. The molecule has 1 atom stereocenters. The van der Waals surface area contributed by atoms with Gasteiger partial charge in [0.05, 0.1) is 11.1 Å². The van der Waals surface area contributed by atoms with Crippen LogP contribution in [0.4, 0.5) is 4.39 Å². The van der Waals surface area contributed by atoms with E-state index in [9.17, 15) is 18.8 Å². The van der Waals surface area contributed by atoms with Gasteiger partial charge in [0, 0.05) is 36.8 Å². The molecule has 6 rings (SSSR count). The van der Waals surface area contributed by atoms with Crippen molar-refractivity contribution in [3.8, 4) is 11.1 Å². The van der Waals surface area contributed by atoms with Crippen LogP contribution in [0.3, 0.4) is 0 Å². The zero-order valence-corrected chi connectivity index (χ0v) is 19.6. The van der Waals surface area contributed by atoms with E-state index >= 15 is 0 Å². The van der Waals surface area contributed by atoms with E-state index < -0.39 is 17.1 Å². The molecule has 36 heavy (non-hydrogen) atoms. The van der Waals surface area contributed by atoms with Gasteiger partial charge in [0.15, 0.2) is 0 Å². The molecule has 180 valence electrons. The maximum absolute atomic E-state index is 13.8. The van der Waals surface area contributed by atoms with Crippen LogP contribution in [-0.4, -0.2) is 34.2 Å². The summed E-state index contributed by atoms with van der Waals surface area (Å²) in [5, 5.41) is 2.48. The fourth-order valence-corrected chi connectivity index (χ4v) is 5.50. The van der Waals surface area contributed by atoms with Crippen molar-refractivity contribution in [1.29, 1.82) is 0 Å². The predicted octanol–water partition coefficient (Wildman–Crippen LogP) is 4.18. The maximum atomic E-state index is 13.8. The number of aromatic nitrogens is 1. The SMILES string of the molecule is O=C1CCC(CN2Cc3ccc(F)cc3C2=O)(c2ccc(-c3cnc4c(c3)CCC=C4)cc2)C(=O)N1. The average Bonchev–Trinajstić information content (AvgIpc) is 3.20. The van der Waals surface area contributed by atoms with Gasteiger partial charge in [-0.2, -0.15) is 0 Å². The molecule has 1 saturated heterocycles. The van der Waals surface area contributed by atoms with Crippen molar-refractivity contribution in [3.05, 3.63) is 94.6 Å². The molecule has 6 nitrogen and oxygen atoms in total. The smallest absolute Gasteiger partial charge is 0.254 e. The number of piperidine rings is 1. The van der Waals surface area contributed by atoms with Gasteiger partial charge in [-0.3, -0.25) is 24.7 Å². The van der Waals surface area contributed by atoms with E-state index in [1.807, 2.05) is 36.5 Å².